The predicted octanol–water partition coefficient (Wildman–Crippen LogP) is 0.128. The first-order chi connectivity index (χ1) is 4.88. The Labute approximate surface area is 71.9 Å². The molecule has 0 bridgehead atoms. The van der Waals surface area contributed by atoms with Gasteiger partial charge in [-0.25, -0.2) is 0 Å². The molecule has 0 aromatic heterocycles. The van der Waals surface area contributed by atoms with Gasteiger partial charge in [0.2, 0.25) is 5.91 Å². The highest BCUT2D eigenvalue weighted by Gasteiger charge is 2.24. The second-order valence-corrected chi connectivity index (χ2v) is 2.62. The van der Waals surface area contributed by atoms with Crippen LogP contribution in [0.25, 0.3) is 0 Å². The smallest absolute Gasteiger partial charge is 0.230 e. The normalized spacial score (nSPS) is 22.4. The summed E-state index contributed by atoms with van der Waals surface area (Å²) in [6, 6.07) is 0. The van der Waals surface area contributed by atoms with E-state index in [2.05, 4.69) is 5.32 Å². The molecule has 1 fully saturated rings. The second-order valence-electron chi connectivity index (χ2n) is 2.62. The minimum absolute atomic E-state index is 0. The quantitative estimate of drug-likeness (QED) is 0.566. The number of halogens is 1. The van der Waals surface area contributed by atoms with Crippen molar-refractivity contribution in [2.75, 3.05) is 19.6 Å². The average molecular weight is 175 g/mol. The number of rotatable bonds is 0. The molecule has 2 rings (SSSR count). The molecule has 0 atom stereocenters. The van der Waals surface area contributed by atoms with Crippen molar-refractivity contribution in [1.29, 1.82) is 0 Å². The Balaban J connectivity index is 0.000000605. The van der Waals surface area contributed by atoms with Crippen LogP contribution in [-0.2, 0) is 4.79 Å². The zero-order valence-corrected chi connectivity index (χ0v) is 6.99. The van der Waals surface area contributed by atoms with Crippen molar-refractivity contribution in [2.45, 2.75) is 6.42 Å². The van der Waals surface area contributed by atoms with E-state index in [0.717, 1.165) is 25.3 Å². The highest BCUT2D eigenvalue weighted by Crippen LogP contribution is 2.16. The zero-order valence-electron chi connectivity index (χ0n) is 6.17. The molecule has 0 unspecified atom stereocenters. The van der Waals surface area contributed by atoms with E-state index < -0.39 is 0 Å². The Morgan fingerprint density at radius 3 is 3.09 bits per heavy atom. The van der Waals surface area contributed by atoms with Gasteiger partial charge in [-0.1, -0.05) is 6.08 Å². The molecule has 0 aromatic carbocycles. The maximum atomic E-state index is 11.1. The van der Waals surface area contributed by atoms with E-state index in [-0.39, 0.29) is 18.3 Å². The highest BCUT2D eigenvalue weighted by molar-refractivity contribution is 5.85. The summed E-state index contributed by atoms with van der Waals surface area (Å²) in [5.74, 6) is 0.261. The molecule has 0 aliphatic carbocycles. The molecule has 2 heterocycles. The monoisotopic (exact) mass is 174 g/mol. The van der Waals surface area contributed by atoms with Crippen molar-refractivity contribution >= 4 is 18.3 Å². The van der Waals surface area contributed by atoms with E-state index in [9.17, 15) is 4.79 Å². The second kappa shape index (κ2) is 3.24. The fourth-order valence-corrected chi connectivity index (χ4v) is 1.43. The van der Waals surface area contributed by atoms with Crippen molar-refractivity contribution < 1.29 is 4.79 Å². The van der Waals surface area contributed by atoms with E-state index >= 15 is 0 Å². The van der Waals surface area contributed by atoms with Crippen molar-refractivity contribution in [2.24, 2.45) is 0 Å². The van der Waals surface area contributed by atoms with E-state index in [0.29, 0.717) is 6.42 Å². The number of amides is 1. The SMILES string of the molecule is Cl.O=C1CC=C2CNCCN12. The third kappa shape index (κ3) is 1.39. The number of piperazine rings is 1. The van der Waals surface area contributed by atoms with Crippen LogP contribution in [0.4, 0.5) is 0 Å². The van der Waals surface area contributed by atoms with Crippen LogP contribution in [0.1, 0.15) is 6.42 Å². The minimum atomic E-state index is 0. The Morgan fingerprint density at radius 1 is 1.55 bits per heavy atom. The summed E-state index contributed by atoms with van der Waals surface area (Å²) < 4.78 is 0. The van der Waals surface area contributed by atoms with Crippen LogP contribution in [0, 0.1) is 0 Å². The molecule has 11 heavy (non-hydrogen) atoms. The lowest BCUT2D eigenvalue weighted by Crippen LogP contribution is -2.41. The van der Waals surface area contributed by atoms with Gasteiger partial charge in [0.25, 0.3) is 0 Å². The average Bonchev–Trinajstić information content (AvgIpc) is 2.34. The topological polar surface area (TPSA) is 32.3 Å². The summed E-state index contributed by atoms with van der Waals surface area (Å²) in [6.07, 6.45) is 2.62. The van der Waals surface area contributed by atoms with Crippen LogP contribution >= 0.6 is 12.4 Å². The number of carbonyl (C=O) groups excluding carboxylic acids is 1. The van der Waals surface area contributed by atoms with Crippen molar-refractivity contribution in [3.63, 3.8) is 0 Å². The molecular formula is C7H11ClN2O. The fraction of sp³-hybridized carbons (Fsp3) is 0.571. The largest absolute Gasteiger partial charge is 0.314 e. The van der Waals surface area contributed by atoms with Gasteiger partial charge in [-0.3, -0.25) is 4.79 Å². The number of hydrogen-bond donors (Lipinski definition) is 1. The van der Waals surface area contributed by atoms with Crippen LogP contribution in [-0.4, -0.2) is 30.4 Å². The Kier molecular flexibility index (Phi) is 2.52. The molecule has 1 N–H and O–H groups in total. The molecular weight excluding hydrogens is 164 g/mol. The summed E-state index contributed by atoms with van der Waals surface area (Å²) in [5.41, 5.74) is 1.16. The molecule has 0 aromatic rings. The van der Waals surface area contributed by atoms with Crippen molar-refractivity contribution in [1.82, 2.24) is 10.2 Å². The first-order valence-corrected chi connectivity index (χ1v) is 3.58. The number of hydrogen-bond acceptors (Lipinski definition) is 2. The van der Waals surface area contributed by atoms with Gasteiger partial charge < -0.3 is 10.2 Å². The fourth-order valence-electron chi connectivity index (χ4n) is 1.43. The Hall–Kier alpha value is -0.540. The molecule has 62 valence electrons. The van der Waals surface area contributed by atoms with Gasteiger partial charge in [0.15, 0.2) is 0 Å². The van der Waals surface area contributed by atoms with Crippen LogP contribution in [0.15, 0.2) is 11.8 Å². The van der Waals surface area contributed by atoms with Gasteiger partial charge in [-0.2, -0.15) is 0 Å². The van der Waals surface area contributed by atoms with Crippen LogP contribution < -0.4 is 5.32 Å². The van der Waals surface area contributed by atoms with Crippen LogP contribution in [0.2, 0.25) is 0 Å². The number of fused-ring (bicyclic) bond motifs is 1. The van der Waals surface area contributed by atoms with E-state index in [4.69, 9.17) is 0 Å². The first kappa shape index (κ1) is 8.56. The molecule has 0 radical (unpaired) electrons. The summed E-state index contributed by atoms with van der Waals surface area (Å²) in [7, 11) is 0. The molecule has 2 aliphatic rings. The van der Waals surface area contributed by atoms with E-state index in [1.165, 1.54) is 0 Å². The molecule has 0 saturated carbocycles. The third-order valence-corrected chi connectivity index (χ3v) is 1.98. The van der Waals surface area contributed by atoms with E-state index in [1.807, 2.05) is 11.0 Å². The Bertz CT molecular complexity index is 203. The van der Waals surface area contributed by atoms with Crippen molar-refractivity contribution in [3.8, 4) is 0 Å². The third-order valence-electron chi connectivity index (χ3n) is 1.98. The van der Waals surface area contributed by atoms with Crippen LogP contribution in [0.3, 0.4) is 0 Å². The summed E-state index contributed by atoms with van der Waals surface area (Å²) in [5, 5.41) is 3.21. The van der Waals surface area contributed by atoms with Gasteiger partial charge >= 0.3 is 0 Å². The molecule has 2 aliphatic heterocycles. The lowest BCUT2D eigenvalue weighted by atomic mass is 10.3. The van der Waals surface area contributed by atoms with Gasteiger partial charge in [-0.05, 0) is 0 Å². The number of nitrogens with one attached hydrogen (secondary N) is 1. The molecule has 1 amide bonds. The molecule has 4 heteroatoms. The summed E-state index contributed by atoms with van der Waals surface area (Å²) in [4.78, 5) is 12.9. The van der Waals surface area contributed by atoms with Gasteiger partial charge in [0.05, 0.1) is 0 Å². The van der Waals surface area contributed by atoms with Gasteiger partial charge in [0.1, 0.15) is 0 Å². The van der Waals surface area contributed by atoms with Gasteiger partial charge in [-0.15, -0.1) is 12.4 Å². The van der Waals surface area contributed by atoms with Crippen molar-refractivity contribution in [3.05, 3.63) is 11.8 Å². The molecule has 0 spiro atoms. The first-order valence-electron chi connectivity index (χ1n) is 3.58. The van der Waals surface area contributed by atoms with E-state index in [1.54, 1.807) is 0 Å². The highest BCUT2D eigenvalue weighted by atomic mass is 35.5. The maximum Gasteiger partial charge on any atom is 0.230 e. The summed E-state index contributed by atoms with van der Waals surface area (Å²) in [6.45, 7) is 2.65. The standard InChI is InChI=1S/C7H10N2O.ClH/c10-7-2-1-6-5-8-3-4-9(6)7;/h1,8H,2-5H2;1H. The maximum absolute atomic E-state index is 11.1. The predicted molar refractivity (Wildman–Crippen MR) is 44.5 cm³/mol. The lowest BCUT2D eigenvalue weighted by molar-refractivity contribution is -0.127. The van der Waals surface area contributed by atoms with Gasteiger partial charge in [0, 0.05) is 31.8 Å². The minimum Gasteiger partial charge on any atom is -0.314 e. The molecule has 1 saturated heterocycles. The number of nitrogens with zero attached hydrogens (tertiary/aromatic N) is 1. The Morgan fingerprint density at radius 2 is 2.36 bits per heavy atom. The zero-order chi connectivity index (χ0) is 6.97. The number of carbonyl (C=O) groups is 1. The lowest BCUT2D eigenvalue weighted by Gasteiger charge is -2.25. The molecule has 3 nitrogen and oxygen atoms in total. The van der Waals surface area contributed by atoms with Crippen LogP contribution in [0.5, 0.6) is 0 Å². The summed E-state index contributed by atoms with van der Waals surface area (Å²) >= 11 is 0.